The molecule has 0 aliphatic heterocycles. The van der Waals surface area contributed by atoms with Crippen molar-refractivity contribution in [3.63, 3.8) is 0 Å². The van der Waals surface area contributed by atoms with Crippen molar-refractivity contribution in [3.8, 4) is 17.1 Å². The summed E-state index contributed by atoms with van der Waals surface area (Å²) < 4.78 is 23.7. The first-order chi connectivity index (χ1) is 19.7. The molecule has 226 valence electrons. The quantitative estimate of drug-likeness (QED) is 0.226. The molecule has 0 aliphatic rings. The Hall–Kier alpha value is -4.25. The Balaban J connectivity index is 2.09. The molecular formula is C31H40N4O7. The van der Waals surface area contributed by atoms with Gasteiger partial charge in [-0.3, -0.25) is 4.79 Å². The van der Waals surface area contributed by atoms with E-state index in [9.17, 15) is 14.4 Å². The number of carbonyl (C=O) groups is 3. The Labute approximate surface area is 246 Å². The number of allylic oxidation sites excluding steroid dienone is 1. The van der Waals surface area contributed by atoms with Crippen LogP contribution >= 0.6 is 0 Å². The molecular weight excluding hydrogens is 540 g/mol. The van der Waals surface area contributed by atoms with Crippen LogP contribution in [-0.2, 0) is 19.0 Å². The summed E-state index contributed by atoms with van der Waals surface area (Å²) in [5.74, 6) is 0.423. The molecule has 1 atom stereocenters. The first-order valence-corrected chi connectivity index (χ1v) is 13.7. The number of aromatic nitrogens is 3. The fourth-order valence-electron chi connectivity index (χ4n) is 3.85. The summed E-state index contributed by atoms with van der Waals surface area (Å²) in [5.41, 5.74) is 0.0713. The highest BCUT2D eigenvalue weighted by Crippen LogP contribution is 2.32. The fourth-order valence-corrected chi connectivity index (χ4v) is 3.85. The second kappa shape index (κ2) is 13.6. The minimum atomic E-state index is -0.934. The third kappa shape index (κ3) is 9.13. The zero-order chi connectivity index (χ0) is 31.1. The maximum atomic E-state index is 13.4. The number of nitrogens with one attached hydrogen (secondary N) is 1. The summed E-state index contributed by atoms with van der Waals surface area (Å²) in [4.78, 5) is 47.3. The number of rotatable bonds is 10. The number of ketones is 1. The standard InChI is InChI=1S/C31H40N4O7/c1-9-21(36)14-12-16-40-19-25(34-28(37)41-30(2,3)4)26-32-24(18-35(26)29(38)42-31(5,6)7)22-17-20-13-10-11-15-23(20)33-27(22)39-8/h10-15,17-18,25H,9,16,19H2,1-8H3,(H,34,37)/b14-12+. The number of carbonyl (C=O) groups excluding carboxylic acids is 3. The van der Waals surface area contributed by atoms with Crippen molar-refractivity contribution in [1.82, 2.24) is 19.9 Å². The van der Waals surface area contributed by atoms with Crippen LogP contribution in [0.25, 0.3) is 22.2 Å². The Morgan fingerprint density at radius 2 is 1.71 bits per heavy atom. The van der Waals surface area contributed by atoms with E-state index in [2.05, 4.69) is 10.3 Å². The predicted molar refractivity (Wildman–Crippen MR) is 159 cm³/mol. The predicted octanol–water partition coefficient (Wildman–Crippen LogP) is 6.01. The summed E-state index contributed by atoms with van der Waals surface area (Å²) in [6, 6.07) is 8.49. The van der Waals surface area contributed by atoms with Crippen molar-refractivity contribution in [1.29, 1.82) is 0 Å². The van der Waals surface area contributed by atoms with Gasteiger partial charge in [0.15, 0.2) is 5.78 Å². The van der Waals surface area contributed by atoms with E-state index < -0.39 is 29.4 Å². The molecule has 1 aromatic carbocycles. The Bertz CT molecular complexity index is 1450. The van der Waals surface area contributed by atoms with Crippen LogP contribution in [0.5, 0.6) is 5.88 Å². The fraction of sp³-hybridized carbons (Fsp3) is 0.452. The van der Waals surface area contributed by atoms with E-state index in [1.165, 1.54) is 23.9 Å². The van der Waals surface area contributed by atoms with Crippen LogP contribution in [0.3, 0.4) is 0 Å². The smallest absolute Gasteiger partial charge is 0.420 e. The van der Waals surface area contributed by atoms with Gasteiger partial charge >= 0.3 is 12.2 Å². The number of hydrogen-bond donors (Lipinski definition) is 1. The molecule has 0 fully saturated rings. The molecule has 11 heteroatoms. The van der Waals surface area contributed by atoms with Crippen LogP contribution in [0.15, 0.2) is 48.7 Å². The summed E-state index contributed by atoms with van der Waals surface area (Å²) in [5, 5.41) is 3.62. The molecule has 0 bridgehead atoms. The molecule has 0 saturated carbocycles. The van der Waals surface area contributed by atoms with Gasteiger partial charge in [0.25, 0.3) is 0 Å². The minimum Gasteiger partial charge on any atom is -0.480 e. The molecule has 1 unspecified atom stereocenters. The molecule has 1 N–H and O–H groups in total. The zero-order valence-corrected chi connectivity index (χ0v) is 25.5. The number of ether oxygens (including phenoxy) is 4. The molecule has 3 aromatic rings. The van der Waals surface area contributed by atoms with E-state index in [1.807, 2.05) is 30.3 Å². The first-order valence-electron chi connectivity index (χ1n) is 13.7. The minimum absolute atomic E-state index is 0.0370. The third-order valence-electron chi connectivity index (χ3n) is 5.64. The van der Waals surface area contributed by atoms with E-state index in [-0.39, 0.29) is 24.8 Å². The maximum Gasteiger partial charge on any atom is 0.420 e. The molecule has 3 rings (SSSR count). The van der Waals surface area contributed by atoms with Crippen LogP contribution in [0, 0.1) is 0 Å². The Morgan fingerprint density at radius 3 is 2.36 bits per heavy atom. The summed E-state index contributed by atoms with van der Waals surface area (Å²) in [7, 11) is 1.50. The third-order valence-corrected chi connectivity index (χ3v) is 5.64. The molecule has 2 heterocycles. The Morgan fingerprint density at radius 1 is 1.02 bits per heavy atom. The summed E-state index contributed by atoms with van der Waals surface area (Å²) in [6.45, 7) is 12.3. The molecule has 0 aliphatic carbocycles. The topological polar surface area (TPSA) is 131 Å². The molecule has 42 heavy (non-hydrogen) atoms. The number of fused-ring (bicyclic) bond motifs is 1. The van der Waals surface area contributed by atoms with Crippen LogP contribution in [0.2, 0.25) is 0 Å². The second-order valence-electron chi connectivity index (χ2n) is 11.5. The van der Waals surface area contributed by atoms with Crippen LogP contribution in [0.4, 0.5) is 9.59 Å². The molecule has 0 saturated heterocycles. The number of benzene rings is 1. The Kier molecular flexibility index (Phi) is 10.5. The van der Waals surface area contributed by atoms with Gasteiger partial charge in [-0.25, -0.2) is 24.1 Å². The molecule has 1 amide bonds. The SMILES string of the molecule is CCC(=O)/C=C/COCC(NC(=O)OC(C)(C)C)c1nc(-c2cc3ccccc3nc2OC)cn1C(=O)OC(C)(C)C. The summed E-state index contributed by atoms with van der Waals surface area (Å²) in [6.07, 6.45) is 3.50. The van der Waals surface area contributed by atoms with Gasteiger partial charge in [-0.1, -0.05) is 31.2 Å². The van der Waals surface area contributed by atoms with Gasteiger partial charge in [-0.15, -0.1) is 0 Å². The van der Waals surface area contributed by atoms with E-state index >= 15 is 0 Å². The van der Waals surface area contributed by atoms with Gasteiger partial charge < -0.3 is 24.3 Å². The normalized spacial score (nSPS) is 12.8. The van der Waals surface area contributed by atoms with Crippen LogP contribution in [-0.4, -0.2) is 64.0 Å². The van der Waals surface area contributed by atoms with Crippen molar-refractivity contribution in [3.05, 3.63) is 54.5 Å². The average Bonchev–Trinajstić information content (AvgIpc) is 3.35. The van der Waals surface area contributed by atoms with Gasteiger partial charge in [0.1, 0.15) is 23.1 Å². The molecule has 2 aromatic heterocycles. The molecule has 0 spiro atoms. The van der Waals surface area contributed by atoms with E-state index in [0.717, 1.165) is 10.9 Å². The van der Waals surface area contributed by atoms with Crippen molar-refractivity contribution >= 4 is 28.9 Å². The highest BCUT2D eigenvalue weighted by molar-refractivity contribution is 5.89. The number of imidazole rings is 1. The number of methoxy groups -OCH3 is 1. The lowest BCUT2D eigenvalue weighted by Crippen LogP contribution is -2.39. The highest BCUT2D eigenvalue weighted by atomic mass is 16.6. The van der Waals surface area contributed by atoms with Crippen molar-refractivity contribution in [2.45, 2.75) is 72.1 Å². The maximum absolute atomic E-state index is 13.4. The lowest BCUT2D eigenvalue weighted by Gasteiger charge is -2.24. The van der Waals surface area contributed by atoms with E-state index in [0.29, 0.717) is 23.6 Å². The van der Waals surface area contributed by atoms with Crippen LogP contribution in [0.1, 0.15) is 66.8 Å². The molecule has 11 nitrogen and oxygen atoms in total. The lowest BCUT2D eigenvalue weighted by atomic mass is 10.1. The van der Waals surface area contributed by atoms with Crippen molar-refractivity contribution in [2.75, 3.05) is 20.3 Å². The number of pyridine rings is 1. The van der Waals surface area contributed by atoms with Crippen molar-refractivity contribution < 1.29 is 33.3 Å². The van der Waals surface area contributed by atoms with Gasteiger partial charge in [-0.05, 0) is 59.8 Å². The number of amides is 1. The largest absolute Gasteiger partial charge is 0.480 e. The average molecular weight is 581 g/mol. The number of alkyl carbamates (subject to hydrolysis) is 1. The van der Waals surface area contributed by atoms with Crippen molar-refractivity contribution in [2.24, 2.45) is 0 Å². The second-order valence-corrected chi connectivity index (χ2v) is 11.5. The van der Waals surface area contributed by atoms with E-state index in [1.54, 1.807) is 54.5 Å². The lowest BCUT2D eigenvalue weighted by molar-refractivity contribution is -0.114. The monoisotopic (exact) mass is 580 g/mol. The number of para-hydroxylation sites is 1. The number of hydrogen-bond acceptors (Lipinski definition) is 9. The summed E-state index contributed by atoms with van der Waals surface area (Å²) >= 11 is 0. The number of nitrogens with zero attached hydrogens (tertiary/aromatic N) is 3. The highest BCUT2D eigenvalue weighted by Gasteiger charge is 2.30. The van der Waals surface area contributed by atoms with Gasteiger partial charge in [0, 0.05) is 18.0 Å². The van der Waals surface area contributed by atoms with Crippen LogP contribution < -0.4 is 10.1 Å². The first kappa shape index (κ1) is 32.3. The van der Waals surface area contributed by atoms with Gasteiger partial charge in [0.05, 0.1) is 37.1 Å². The zero-order valence-electron chi connectivity index (χ0n) is 25.5. The van der Waals surface area contributed by atoms with E-state index in [4.69, 9.17) is 23.9 Å². The molecule has 0 radical (unpaired) electrons. The van der Waals surface area contributed by atoms with Gasteiger partial charge in [0.2, 0.25) is 5.88 Å². The van der Waals surface area contributed by atoms with Gasteiger partial charge in [-0.2, -0.15) is 0 Å².